The molecule has 1 aromatic heterocycles. The lowest BCUT2D eigenvalue weighted by Crippen LogP contribution is -2.27. The van der Waals surface area contributed by atoms with Crippen molar-refractivity contribution in [1.29, 1.82) is 0 Å². The summed E-state index contributed by atoms with van der Waals surface area (Å²) in [6.45, 7) is 0. The minimum Gasteiger partial charge on any atom is -0.449 e. The van der Waals surface area contributed by atoms with Crippen molar-refractivity contribution in [3.8, 4) is 15.6 Å². The van der Waals surface area contributed by atoms with E-state index >= 15 is 0 Å². The van der Waals surface area contributed by atoms with E-state index in [0.29, 0.717) is 10.0 Å². The molecule has 2 aromatic carbocycles. The Hall–Kier alpha value is -2.61. The summed E-state index contributed by atoms with van der Waals surface area (Å²) in [7, 11) is 1.46. The summed E-state index contributed by atoms with van der Waals surface area (Å²) >= 11 is 13.0. The lowest BCUT2D eigenvalue weighted by Gasteiger charge is -2.16. The Balaban J connectivity index is 2.01. The Morgan fingerprint density at radius 2 is 1.85 bits per heavy atom. The predicted octanol–water partition coefficient (Wildman–Crippen LogP) is 5.45. The Labute approximate surface area is 168 Å². The van der Waals surface area contributed by atoms with Crippen molar-refractivity contribution in [2.24, 2.45) is 0 Å². The average molecular weight is 423 g/mol. The van der Waals surface area contributed by atoms with Gasteiger partial charge in [-0.1, -0.05) is 64.9 Å². The van der Waals surface area contributed by atoms with E-state index in [-0.39, 0.29) is 21.5 Å². The third-order valence-corrected chi connectivity index (χ3v) is 5.08. The third kappa shape index (κ3) is 4.21. The zero-order chi connectivity index (χ0) is 19.6. The zero-order valence-electron chi connectivity index (χ0n) is 13.8. The maximum absolute atomic E-state index is 12.8. The van der Waals surface area contributed by atoms with Crippen LogP contribution in [0.25, 0.3) is 10.6 Å². The summed E-state index contributed by atoms with van der Waals surface area (Å²) in [6.07, 6.45) is -1.50. The smallest absolute Gasteiger partial charge is 0.449 e. The van der Waals surface area contributed by atoms with Crippen molar-refractivity contribution in [2.75, 3.05) is 11.9 Å². The molecule has 0 saturated heterocycles. The molecule has 0 atom stereocenters. The van der Waals surface area contributed by atoms with E-state index < -0.39 is 12.1 Å². The van der Waals surface area contributed by atoms with Crippen molar-refractivity contribution in [2.45, 2.75) is 0 Å². The van der Waals surface area contributed by atoms with E-state index in [1.807, 2.05) is 30.3 Å². The van der Waals surface area contributed by atoms with Crippen LogP contribution in [-0.2, 0) is 0 Å². The first kappa shape index (κ1) is 19.2. The summed E-state index contributed by atoms with van der Waals surface area (Å²) in [5.41, 5.74) is 0.980. The molecule has 6 nitrogen and oxygen atoms in total. The van der Waals surface area contributed by atoms with Crippen LogP contribution in [0.4, 0.5) is 10.6 Å². The number of nitrogens with zero attached hydrogens (tertiary/aromatic N) is 2. The number of hydrogen-bond acceptors (Lipinski definition) is 5. The van der Waals surface area contributed by atoms with Crippen molar-refractivity contribution >= 4 is 52.4 Å². The van der Waals surface area contributed by atoms with E-state index in [1.165, 1.54) is 24.1 Å². The number of benzene rings is 2. The molecule has 0 aliphatic rings. The van der Waals surface area contributed by atoms with Gasteiger partial charge in [0.05, 0.1) is 10.6 Å². The number of ether oxygens (including phenoxy) is 1. The molecule has 0 aliphatic carbocycles. The van der Waals surface area contributed by atoms with E-state index in [9.17, 15) is 9.59 Å². The Morgan fingerprint density at radius 3 is 2.48 bits per heavy atom. The molecule has 1 N–H and O–H groups in total. The second-order valence-corrected chi connectivity index (χ2v) is 7.16. The first-order valence-corrected chi connectivity index (χ1v) is 9.14. The van der Waals surface area contributed by atoms with Gasteiger partial charge in [0.1, 0.15) is 5.01 Å². The highest BCUT2D eigenvalue weighted by atomic mass is 35.5. The Bertz CT molecular complexity index is 1010. The predicted molar refractivity (Wildman–Crippen MR) is 105 cm³/mol. The fourth-order valence-corrected chi connectivity index (χ4v) is 3.74. The van der Waals surface area contributed by atoms with E-state index in [4.69, 9.17) is 33.0 Å². The first-order valence-electron chi connectivity index (χ1n) is 7.57. The fourth-order valence-electron chi connectivity index (χ4n) is 2.30. The molecule has 0 fully saturated rings. The zero-order valence-corrected chi connectivity index (χ0v) is 16.2. The van der Waals surface area contributed by atoms with Crippen LogP contribution in [0.3, 0.4) is 0 Å². The fraction of sp³-hybridized carbons (Fsp3) is 0.0556. The second-order valence-electron chi connectivity index (χ2n) is 5.35. The molecule has 1 heterocycles. The van der Waals surface area contributed by atoms with Gasteiger partial charge in [0.25, 0.3) is 5.91 Å². The molecule has 3 aromatic rings. The number of anilines is 1. The Morgan fingerprint density at radius 1 is 1.15 bits per heavy atom. The van der Waals surface area contributed by atoms with Crippen LogP contribution < -0.4 is 9.64 Å². The quantitative estimate of drug-likeness (QED) is 0.565. The Kier molecular flexibility index (Phi) is 5.65. The topological polar surface area (TPSA) is 79.7 Å². The average Bonchev–Trinajstić information content (AvgIpc) is 3.04. The van der Waals surface area contributed by atoms with Gasteiger partial charge in [-0.15, -0.1) is 0 Å². The maximum atomic E-state index is 12.8. The minimum absolute atomic E-state index is 0.0118. The van der Waals surface area contributed by atoms with E-state index in [0.717, 1.165) is 16.9 Å². The van der Waals surface area contributed by atoms with Gasteiger partial charge in [-0.05, 0) is 18.2 Å². The van der Waals surface area contributed by atoms with Gasteiger partial charge in [0, 0.05) is 17.6 Å². The molecule has 0 saturated carbocycles. The number of halogens is 2. The van der Waals surface area contributed by atoms with Crippen LogP contribution in [0.15, 0.2) is 48.5 Å². The molecule has 1 amide bonds. The summed E-state index contributed by atoms with van der Waals surface area (Å²) in [5, 5.41) is 10.1. The van der Waals surface area contributed by atoms with Gasteiger partial charge in [-0.3, -0.25) is 9.69 Å². The van der Waals surface area contributed by atoms with Crippen LogP contribution in [0.1, 0.15) is 10.4 Å². The van der Waals surface area contributed by atoms with Crippen molar-refractivity contribution < 1.29 is 19.4 Å². The molecule has 3 rings (SSSR count). The van der Waals surface area contributed by atoms with Crippen LogP contribution in [0, 0.1) is 0 Å². The molecule has 0 unspecified atom stereocenters. The molecule has 9 heteroatoms. The van der Waals surface area contributed by atoms with Crippen molar-refractivity contribution in [1.82, 2.24) is 4.98 Å². The van der Waals surface area contributed by atoms with Gasteiger partial charge in [0.15, 0.2) is 5.82 Å². The molecule has 0 bridgehead atoms. The van der Waals surface area contributed by atoms with E-state index in [2.05, 4.69) is 4.98 Å². The lowest BCUT2D eigenvalue weighted by atomic mass is 10.2. The highest BCUT2D eigenvalue weighted by Crippen LogP contribution is 2.40. The summed E-state index contributed by atoms with van der Waals surface area (Å²) in [4.78, 5) is 29.4. The van der Waals surface area contributed by atoms with Crippen LogP contribution >= 0.6 is 34.5 Å². The summed E-state index contributed by atoms with van der Waals surface area (Å²) in [6, 6.07) is 13.6. The lowest BCUT2D eigenvalue weighted by molar-refractivity contribution is 0.0990. The van der Waals surface area contributed by atoms with Crippen LogP contribution in [0.5, 0.6) is 5.06 Å². The van der Waals surface area contributed by atoms with Gasteiger partial charge in [-0.2, -0.15) is 0 Å². The molecule has 0 radical (unpaired) electrons. The van der Waals surface area contributed by atoms with Gasteiger partial charge in [0.2, 0.25) is 5.06 Å². The van der Waals surface area contributed by atoms with Gasteiger partial charge in [-0.25, -0.2) is 9.78 Å². The van der Waals surface area contributed by atoms with Crippen LogP contribution in [0.2, 0.25) is 10.0 Å². The largest absolute Gasteiger partial charge is 0.512 e. The van der Waals surface area contributed by atoms with E-state index in [1.54, 1.807) is 6.07 Å². The molecule has 0 aliphatic heterocycles. The normalized spacial score (nSPS) is 10.5. The number of aromatic nitrogens is 1. The van der Waals surface area contributed by atoms with Gasteiger partial charge >= 0.3 is 6.16 Å². The number of hydrogen-bond donors (Lipinski definition) is 1. The van der Waals surface area contributed by atoms with Gasteiger partial charge < -0.3 is 9.84 Å². The molecular formula is C18H12Cl2N2O4S. The SMILES string of the molecule is CN(C(=O)c1ccc(Cl)cc1Cl)c1nc(-c2ccccc2)sc1OC(=O)O. The number of carbonyl (C=O) groups excluding carboxylic acids is 1. The minimum atomic E-state index is -1.50. The molecule has 138 valence electrons. The number of rotatable bonds is 4. The monoisotopic (exact) mass is 422 g/mol. The number of thiazole rings is 1. The summed E-state index contributed by atoms with van der Waals surface area (Å²) in [5.74, 6) is -0.394. The molecule has 0 spiro atoms. The van der Waals surface area contributed by atoms with Crippen molar-refractivity contribution in [3.63, 3.8) is 0 Å². The second kappa shape index (κ2) is 7.96. The first-order chi connectivity index (χ1) is 12.9. The summed E-state index contributed by atoms with van der Waals surface area (Å²) < 4.78 is 4.83. The highest BCUT2D eigenvalue weighted by molar-refractivity contribution is 7.17. The maximum Gasteiger partial charge on any atom is 0.512 e. The van der Waals surface area contributed by atoms with Crippen molar-refractivity contribution in [3.05, 3.63) is 64.1 Å². The number of amides is 1. The van der Waals surface area contributed by atoms with Crippen LogP contribution in [-0.4, -0.2) is 29.2 Å². The number of carbonyl (C=O) groups is 2. The highest BCUT2D eigenvalue weighted by Gasteiger charge is 2.25. The number of carboxylic acid groups (broad SMARTS) is 1. The molecular weight excluding hydrogens is 411 g/mol. The standard InChI is InChI=1S/C18H12Cl2N2O4S/c1-22(16(23)12-8-7-11(19)9-13(12)20)14-17(26-18(24)25)27-15(21-14)10-5-3-2-4-6-10/h2-9H,1H3,(H,24,25). The molecule has 27 heavy (non-hydrogen) atoms. The third-order valence-electron chi connectivity index (χ3n) is 3.56.